The van der Waals surface area contributed by atoms with Gasteiger partial charge in [0, 0.05) is 24.3 Å². The monoisotopic (exact) mass is 394 g/mol. The van der Waals surface area contributed by atoms with Crippen LogP contribution in [0.15, 0.2) is 66.7 Å². The van der Waals surface area contributed by atoms with Crippen molar-refractivity contribution in [2.24, 2.45) is 0 Å². The maximum atomic E-state index is 10.7. The van der Waals surface area contributed by atoms with E-state index in [2.05, 4.69) is 0 Å². The number of rotatable bonds is 8. The lowest BCUT2D eigenvalue weighted by atomic mass is 10.2. The van der Waals surface area contributed by atoms with Crippen molar-refractivity contribution in [2.75, 3.05) is 0 Å². The van der Waals surface area contributed by atoms with Gasteiger partial charge in [-0.15, -0.1) is 0 Å². The number of hydrogen-bond acceptors (Lipinski definition) is 6. The van der Waals surface area contributed by atoms with E-state index in [0.29, 0.717) is 24.7 Å². The van der Waals surface area contributed by atoms with Crippen LogP contribution in [-0.2, 0) is 13.2 Å². The topological polar surface area (TPSA) is 105 Å². The highest BCUT2D eigenvalue weighted by molar-refractivity contribution is 5.40. The van der Waals surface area contributed by atoms with Gasteiger partial charge in [0.2, 0.25) is 0 Å². The largest absolute Gasteiger partial charge is 0.489 e. The van der Waals surface area contributed by atoms with Crippen molar-refractivity contribution in [2.45, 2.75) is 20.1 Å². The molecule has 3 aromatic carbocycles. The van der Waals surface area contributed by atoms with Gasteiger partial charge in [-0.3, -0.25) is 20.2 Å². The molecule has 0 spiro atoms. The Balaban J connectivity index is 1.56. The Morgan fingerprint density at radius 2 is 1.21 bits per heavy atom. The van der Waals surface area contributed by atoms with Crippen molar-refractivity contribution in [3.8, 4) is 11.5 Å². The second-order valence-corrected chi connectivity index (χ2v) is 6.35. The van der Waals surface area contributed by atoms with Crippen molar-refractivity contribution in [3.05, 3.63) is 104 Å². The maximum absolute atomic E-state index is 10.7. The number of nitrogens with zero attached hydrogens (tertiary/aromatic N) is 2. The fraction of sp³-hybridized carbons (Fsp3) is 0.143. The number of hydrogen-bond donors (Lipinski definition) is 0. The van der Waals surface area contributed by atoms with Crippen molar-refractivity contribution < 1.29 is 19.3 Å². The molecule has 0 radical (unpaired) electrons. The highest BCUT2D eigenvalue weighted by atomic mass is 16.6. The summed E-state index contributed by atoms with van der Waals surface area (Å²) < 4.78 is 11.5. The van der Waals surface area contributed by atoms with Crippen molar-refractivity contribution in [1.82, 2.24) is 0 Å². The predicted octanol–water partition coefficient (Wildman–Crippen LogP) is 4.97. The third-order valence-corrected chi connectivity index (χ3v) is 4.24. The molecular weight excluding hydrogens is 376 g/mol. The van der Waals surface area contributed by atoms with E-state index in [0.717, 1.165) is 16.7 Å². The van der Waals surface area contributed by atoms with Gasteiger partial charge in [0.1, 0.15) is 24.7 Å². The van der Waals surface area contributed by atoms with E-state index in [1.165, 1.54) is 24.3 Å². The van der Waals surface area contributed by atoms with Crippen LogP contribution in [-0.4, -0.2) is 9.85 Å². The molecule has 0 aliphatic heterocycles. The summed E-state index contributed by atoms with van der Waals surface area (Å²) in [5.41, 5.74) is 2.62. The van der Waals surface area contributed by atoms with E-state index in [9.17, 15) is 20.2 Å². The zero-order valence-electron chi connectivity index (χ0n) is 15.6. The Bertz CT molecular complexity index is 1020. The van der Waals surface area contributed by atoms with Crippen molar-refractivity contribution in [1.29, 1.82) is 0 Å². The molecule has 0 heterocycles. The van der Waals surface area contributed by atoms with E-state index in [-0.39, 0.29) is 11.4 Å². The second-order valence-electron chi connectivity index (χ2n) is 6.35. The lowest BCUT2D eigenvalue weighted by Gasteiger charge is -2.12. The molecule has 0 aliphatic carbocycles. The average Bonchev–Trinajstić information content (AvgIpc) is 2.72. The number of non-ortho nitro benzene ring substituents is 2. The third-order valence-electron chi connectivity index (χ3n) is 4.24. The molecular formula is C21H18N2O6. The van der Waals surface area contributed by atoms with Gasteiger partial charge in [0.05, 0.1) is 9.85 Å². The van der Waals surface area contributed by atoms with Crippen LogP contribution >= 0.6 is 0 Å². The molecule has 0 fully saturated rings. The zero-order chi connectivity index (χ0) is 20.8. The van der Waals surface area contributed by atoms with Crippen LogP contribution < -0.4 is 9.47 Å². The Morgan fingerprint density at radius 1 is 0.724 bits per heavy atom. The first-order valence-electron chi connectivity index (χ1n) is 8.75. The minimum absolute atomic E-state index is 0.0408. The van der Waals surface area contributed by atoms with Crippen LogP contribution in [0.1, 0.15) is 16.7 Å². The minimum Gasteiger partial charge on any atom is -0.489 e. The summed E-state index contributed by atoms with van der Waals surface area (Å²) in [6.45, 7) is 2.48. The molecule has 148 valence electrons. The van der Waals surface area contributed by atoms with Crippen LogP contribution in [0.25, 0.3) is 0 Å². The Kier molecular flexibility index (Phi) is 6.03. The Morgan fingerprint density at radius 3 is 1.66 bits per heavy atom. The van der Waals surface area contributed by atoms with Crippen LogP contribution in [0.2, 0.25) is 0 Å². The fourth-order valence-corrected chi connectivity index (χ4v) is 2.63. The number of ether oxygens (including phenoxy) is 2. The molecule has 0 saturated carbocycles. The van der Waals surface area contributed by atoms with Crippen LogP contribution in [0.5, 0.6) is 11.5 Å². The highest BCUT2D eigenvalue weighted by Gasteiger charge is 2.07. The second kappa shape index (κ2) is 8.83. The number of nitro groups is 2. The minimum atomic E-state index is -0.441. The lowest BCUT2D eigenvalue weighted by Crippen LogP contribution is -1.99. The molecule has 0 aliphatic rings. The first-order chi connectivity index (χ1) is 13.9. The number of aryl methyl sites for hydroxylation is 1. The van der Waals surface area contributed by atoms with Gasteiger partial charge >= 0.3 is 0 Å². The summed E-state index contributed by atoms with van der Waals surface area (Å²) in [5.74, 6) is 1.34. The Labute approximate surface area is 166 Å². The predicted molar refractivity (Wildman–Crippen MR) is 106 cm³/mol. The van der Waals surface area contributed by atoms with Gasteiger partial charge in [0.15, 0.2) is 0 Å². The molecule has 0 N–H and O–H groups in total. The molecule has 0 aromatic heterocycles. The summed E-state index contributed by atoms with van der Waals surface area (Å²) >= 11 is 0. The first kappa shape index (κ1) is 19.8. The van der Waals surface area contributed by atoms with Gasteiger partial charge in [-0.2, -0.15) is 0 Å². The van der Waals surface area contributed by atoms with Gasteiger partial charge < -0.3 is 9.47 Å². The summed E-state index contributed by atoms with van der Waals surface area (Å²) in [7, 11) is 0. The summed E-state index contributed by atoms with van der Waals surface area (Å²) in [6.07, 6.45) is 0. The number of benzene rings is 3. The highest BCUT2D eigenvalue weighted by Crippen LogP contribution is 2.25. The summed E-state index contributed by atoms with van der Waals surface area (Å²) in [4.78, 5) is 20.5. The third kappa shape index (κ3) is 5.29. The van der Waals surface area contributed by atoms with Crippen molar-refractivity contribution in [3.63, 3.8) is 0 Å². The molecule has 3 aromatic rings. The molecule has 0 unspecified atom stereocenters. The SMILES string of the molecule is Cc1cc(OCc2ccc([N+](=O)[O-])cc2)ccc1OCc1ccc([N+](=O)[O-])cc1. The van der Waals surface area contributed by atoms with E-state index in [4.69, 9.17) is 9.47 Å². The molecule has 0 atom stereocenters. The zero-order valence-corrected chi connectivity index (χ0v) is 15.6. The van der Waals surface area contributed by atoms with Gasteiger partial charge in [0.25, 0.3) is 11.4 Å². The molecule has 8 heteroatoms. The van der Waals surface area contributed by atoms with Crippen LogP contribution in [0, 0.1) is 27.2 Å². The average molecular weight is 394 g/mol. The van der Waals surface area contributed by atoms with Gasteiger partial charge in [-0.1, -0.05) is 0 Å². The van der Waals surface area contributed by atoms with Crippen molar-refractivity contribution >= 4 is 11.4 Å². The summed E-state index contributed by atoms with van der Waals surface area (Å²) in [6, 6.07) is 17.8. The van der Waals surface area contributed by atoms with Gasteiger partial charge in [-0.25, -0.2) is 0 Å². The Hall–Kier alpha value is -3.94. The molecule has 0 saturated heterocycles. The van der Waals surface area contributed by atoms with E-state index in [1.54, 1.807) is 36.4 Å². The molecule has 29 heavy (non-hydrogen) atoms. The molecule has 8 nitrogen and oxygen atoms in total. The standard InChI is InChI=1S/C21H18N2O6/c1-15-12-20(28-13-16-2-6-18(7-3-16)22(24)25)10-11-21(15)29-14-17-4-8-19(9-5-17)23(26)27/h2-12H,13-14H2,1H3. The maximum Gasteiger partial charge on any atom is 0.269 e. The van der Waals surface area contributed by atoms with E-state index >= 15 is 0 Å². The fourth-order valence-electron chi connectivity index (χ4n) is 2.63. The number of nitro benzene ring substituents is 2. The normalized spacial score (nSPS) is 10.4. The molecule has 3 rings (SSSR count). The smallest absolute Gasteiger partial charge is 0.269 e. The van der Waals surface area contributed by atoms with E-state index in [1.807, 2.05) is 13.0 Å². The lowest BCUT2D eigenvalue weighted by molar-refractivity contribution is -0.385. The van der Waals surface area contributed by atoms with Crippen LogP contribution in [0.3, 0.4) is 0 Å². The van der Waals surface area contributed by atoms with Gasteiger partial charge in [-0.05, 0) is 66.1 Å². The molecule has 0 amide bonds. The molecule has 0 bridgehead atoms. The first-order valence-corrected chi connectivity index (χ1v) is 8.75. The van der Waals surface area contributed by atoms with E-state index < -0.39 is 9.85 Å². The quantitative estimate of drug-likeness (QED) is 0.395. The van der Waals surface area contributed by atoms with Crippen LogP contribution in [0.4, 0.5) is 11.4 Å². The summed E-state index contributed by atoms with van der Waals surface area (Å²) in [5, 5.41) is 21.4.